The Bertz CT molecular complexity index is 712. The molecule has 0 saturated carbocycles. The fourth-order valence-corrected chi connectivity index (χ4v) is 2.88. The van der Waals surface area contributed by atoms with E-state index < -0.39 is 0 Å². The molecule has 0 spiro atoms. The molecular weight excluding hydrogens is 306 g/mol. The van der Waals surface area contributed by atoms with Crippen molar-refractivity contribution in [3.63, 3.8) is 0 Å². The second kappa shape index (κ2) is 7.21. The summed E-state index contributed by atoms with van der Waals surface area (Å²) in [5.74, 6) is 1.32. The van der Waals surface area contributed by atoms with Gasteiger partial charge < -0.3 is 19.3 Å². The lowest BCUT2D eigenvalue weighted by Crippen LogP contribution is -2.48. The van der Waals surface area contributed by atoms with Crippen molar-refractivity contribution >= 4 is 11.6 Å². The maximum absolute atomic E-state index is 12.6. The summed E-state index contributed by atoms with van der Waals surface area (Å²) in [4.78, 5) is 20.8. The maximum atomic E-state index is 12.6. The van der Waals surface area contributed by atoms with Crippen LogP contribution in [0.4, 0.5) is 5.69 Å². The Hall–Kier alpha value is -2.76. The zero-order valence-corrected chi connectivity index (χ0v) is 13.9. The van der Waals surface area contributed by atoms with Crippen molar-refractivity contribution in [1.82, 2.24) is 9.88 Å². The first-order valence-corrected chi connectivity index (χ1v) is 7.90. The molecule has 1 saturated heterocycles. The number of amides is 1. The highest BCUT2D eigenvalue weighted by Gasteiger charge is 2.24. The van der Waals surface area contributed by atoms with Crippen LogP contribution in [0.25, 0.3) is 0 Å². The number of hydrogen-bond acceptors (Lipinski definition) is 5. The average Bonchev–Trinajstić information content (AvgIpc) is 2.67. The summed E-state index contributed by atoms with van der Waals surface area (Å²) in [6.45, 7) is 2.88. The zero-order chi connectivity index (χ0) is 16.9. The van der Waals surface area contributed by atoms with Gasteiger partial charge in [-0.05, 0) is 18.2 Å². The van der Waals surface area contributed by atoms with E-state index >= 15 is 0 Å². The third kappa shape index (κ3) is 3.27. The van der Waals surface area contributed by atoms with E-state index in [9.17, 15) is 4.79 Å². The van der Waals surface area contributed by atoms with Gasteiger partial charge in [-0.1, -0.05) is 12.1 Å². The Morgan fingerprint density at radius 3 is 2.50 bits per heavy atom. The lowest BCUT2D eigenvalue weighted by Gasteiger charge is -2.36. The molecule has 2 aromatic rings. The maximum Gasteiger partial charge on any atom is 0.254 e. The molecule has 6 heteroatoms. The van der Waals surface area contributed by atoms with Gasteiger partial charge in [-0.2, -0.15) is 0 Å². The molecule has 0 radical (unpaired) electrons. The van der Waals surface area contributed by atoms with Crippen molar-refractivity contribution in [2.45, 2.75) is 0 Å². The predicted molar refractivity (Wildman–Crippen MR) is 91.9 cm³/mol. The van der Waals surface area contributed by atoms with Gasteiger partial charge in [-0.3, -0.25) is 4.79 Å². The molecule has 0 unspecified atom stereocenters. The minimum absolute atomic E-state index is 0.00961. The zero-order valence-electron chi connectivity index (χ0n) is 13.9. The summed E-state index contributed by atoms with van der Waals surface area (Å²) in [7, 11) is 3.22. The van der Waals surface area contributed by atoms with E-state index in [1.165, 1.54) is 0 Å². The van der Waals surface area contributed by atoms with Crippen LogP contribution in [0.3, 0.4) is 0 Å². The highest BCUT2D eigenvalue weighted by molar-refractivity contribution is 5.94. The normalized spacial score (nSPS) is 14.4. The second-order valence-electron chi connectivity index (χ2n) is 5.54. The topological polar surface area (TPSA) is 54.9 Å². The number of carbonyl (C=O) groups excluding carboxylic acids is 1. The smallest absolute Gasteiger partial charge is 0.254 e. The Balaban J connectivity index is 1.67. The van der Waals surface area contributed by atoms with Crippen LogP contribution in [0.2, 0.25) is 0 Å². The van der Waals surface area contributed by atoms with Crippen LogP contribution in [0.5, 0.6) is 11.6 Å². The van der Waals surface area contributed by atoms with Crippen LogP contribution in [-0.4, -0.2) is 56.2 Å². The van der Waals surface area contributed by atoms with E-state index in [-0.39, 0.29) is 5.91 Å². The van der Waals surface area contributed by atoms with Crippen molar-refractivity contribution in [2.24, 2.45) is 0 Å². The van der Waals surface area contributed by atoms with Crippen LogP contribution in [0, 0.1) is 0 Å². The van der Waals surface area contributed by atoms with Gasteiger partial charge in [0, 0.05) is 44.0 Å². The summed E-state index contributed by atoms with van der Waals surface area (Å²) in [5.41, 5.74) is 1.67. The van der Waals surface area contributed by atoms with Gasteiger partial charge in [0.1, 0.15) is 5.75 Å². The molecule has 126 valence electrons. The summed E-state index contributed by atoms with van der Waals surface area (Å²) < 4.78 is 10.5. The summed E-state index contributed by atoms with van der Waals surface area (Å²) in [5, 5.41) is 0. The van der Waals surface area contributed by atoms with E-state index in [1.807, 2.05) is 29.2 Å². The van der Waals surface area contributed by atoms with Crippen molar-refractivity contribution in [3.8, 4) is 11.6 Å². The number of nitrogens with zero attached hydrogens (tertiary/aromatic N) is 3. The fraction of sp³-hybridized carbons (Fsp3) is 0.333. The third-order valence-electron chi connectivity index (χ3n) is 4.18. The molecule has 1 aromatic heterocycles. The molecule has 0 bridgehead atoms. The fourth-order valence-electron chi connectivity index (χ4n) is 2.88. The molecule has 6 nitrogen and oxygen atoms in total. The van der Waals surface area contributed by atoms with Crippen LogP contribution >= 0.6 is 0 Å². The number of aromatic nitrogens is 1. The van der Waals surface area contributed by atoms with Crippen molar-refractivity contribution in [1.29, 1.82) is 0 Å². The highest BCUT2D eigenvalue weighted by Crippen LogP contribution is 2.28. The van der Waals surface area contributed by atoms with E-state index in [2.05, 4.69) is 9.88 Å². The second-order valence-corrected chi connectivity index (χ2v) is 5.54. The van der Waals surface area contributed by atoms with Gasteiger partial charge in [-0.25, -0.2) is 4.98 Å². The number of pyridine rings is 1. The molecule has 1 amide bonds. The minimum atomic E-state index is 0.00961. The number of para-hydroxylation sites is 2. The first kappa shape index (κ1) is 16.1. The number of hydrogen-bond donors (Lipinski definition) is 0. The predicted octanol–water partition coefficient (Wildman–Crippen LogP) is 2.06. The molecule has 0 N–H and O–H groups in total. The summed E-state index contributed by atoms with van der Waals surface area (Å²) in [6.07, 6.45) is 1.59. The number of methoxy groups -OCH3 is 2. The number of benzene rings is 1. The van der Waals surface area contributed by atoms with Crippen LogP contribution in [0.15, 0.2) is 42.6 Å². The van der Waals surface area contributed by atoms with Gasteiger partial charge in [0.2, 0.25) is 5.88 Å². The Morgan fingerprint density at radius 2 is 1.79 bits per heavy atom. The monoisotopic (exact) mass is 327 g/mol. The third-order valence-corrected chi connectivity index (χ3v) is 4.18. The lowest BCUT2D eigenvalue weighted by molar-refractivity contribution is 0.0746. The number of rotatable bonds is 4. The van der Waals surface area contributed by atoms with E-state index in [4.69, 9.17) is 9.47 Å². The standard InChI is InChI=1S/C18H21N3O3/c1-23-16-6-4-3-5-15(16)20-9-11-21(12-10-20)18(22)14-7-8-19-17(13-14)24-2/h3-8,13H,9-12H2,1-2H3. The van der Waals surface area contributed by atoms with Gasteiger partial charge in [0.15, 0.2) is 0 Å². The molecule has 2 heterocycles. The Kier molecular flexibility index (Phi) is 4.84. The van der Waals surface area contributed by atoms with E-state index in [1.54, 1.807) is 32.5 Å². The molecule has 1 fully saturated rings. The Morgan fingerprint density at radius 1 is 1.04 bits per heavy atom. The molecular formula is C18H21N3O3. The SMILES string of the molecule is COc1cc(C(=O)N2CCN(c3ccccc3OC)CC2)ccn1. The summed E-state index contributed by atoms with van der Waals surface area (Å²) >= 11 is 0. The molecule has 1 aliphatic rings. The van der Waals surface area contributed by atoms with Gasteiger partial charge >= 0.3 is 0 Å². The number of piperazine rings is 1. The van der Waals surface area contributed by atoms with Crippen LogP contribution in [-0.2, 0) is 0 Å². The average molecular weight is 327 g/mol. The quantitative estimate of drug-likeness (QED) is 0.860. The molecule has 1 aromatic carbocycles. The molecule has 0 aliphatic carbocycles. The van der Waals surface area contributed by atoms with Gasteiger partial charge in [-0.15, -0.1) is 0 Å². The van der Waals surface area contributed by atoms with E-state index in [0.717, 1.165) is 24.5 Å². The molecule has 1 aliphatic heterocycles. The van der Waals surface area contributed by atoms with Gasteiger partial charge in [0.05, 0.1) is 19.9 Å². The first-order chi connectivity index (χ1) is 11.7. The molecule has 0 atom stereocenters. The highest BCUT2D eigenvalue weighted by atomic mass is 16.5. The van der Waals surface area contributed by atoms with Crippen molar-refractivity contribution < 1.29 is 14.3 Å². The number of carbonyl (C=O) groups is 1. The number of anilines is 1. The Labute approximate surface area is 141 Å². The van der Waals surface area contributed by atoms with Crippen LogP contribution < -0.4 is 14.4 Å². The first-order valence-electron chi connectivity index (χ1n) is 7.90. The van der Waals surface area contributed by atoms with Gasteiger partial charge in [0.25, 0.3) is 5.91 Å². The van der Waals surface area contributed by atoms with Crippen molar-refractivity contribution in [3.05, 3.63) is 48.2 Å². The number of ether oxygens (including phenoxy) is 2. The lowest BCUT2D eigenvalue weighted by atomic mass is 10.2. The largest absolute Gasteiger partial charge is 0.495 e. The minimum Gasteiger partial charge on any atom is -0.495 e. The summed E-state index contributed by atoms with van der Waals surface area (Å²) in [6, 6.07) is 11.4. The molecule has 24 heavy (non-hydrogen) atoms. The molecule has 3 rings (SSSR count). The van der Waals surface area contributed by atoms with E-state index in [0.29, 0.717) is 24.5 Å². The van der Waals surface area contributed by atoms with Crippen molar-refractivity contribution in [2.75, 3.05) is 45.3 Å². The van der Waals surface area contributed by atoms with Crippen LogP contribution in [0.1, 0.15) is 10.4 Å².